The van der Waals surface area contributed by atoms with Gasteiger partial charge in [0.15, 0.2) is 6.73 Å². The number of hydrogen-bond acceptors (Lipinski definition) is 5. The van der Waals surface area contributed by atoms with Gasteiger partial charge < -0.3 is 14.1 Å². The number of nitrogens with zero attached hydrogens (tertiary/aromatic N) is 2. The SMILES string of the molecule is CCc1cc(=O)oc2c(C)c3c(cc12)CN(c1ccccn1)CO3. The van der Waals surface area contributed by atoms with Crippen LogP contribution in [0, 0.1) is 6.92 Å². The second-order valence-electron chi connectivity index (χ2n) is 5.97. The Balaban J connectivity index is 1.85. The maximum absolute atomic E-state index is 11.8. The van der Waals surface area contributed by atoms with Gasteiger partial charge in [0, 0.05) is 28.8 Å². The van der Waals surface area contributed by atoms with E-state index in [0.29, 0.717) is 18.9 Å². The van der Waals surface area contributed by atoms with Crippen LogP contribution >= 0.6 is 0 Å². The zero-order valence-corrected chi connectivity index (χ0v) is 13.7. The Labute approximate surface area is 139 Å². The minimum absolute atomic E-state index is 0.312. The van der Waals surface area contributed by atoms with Gasteiger partial charge in [-0.05, 0) is 37.1 Å². The van der Waals surface area contributed by atoms with Gasteiger partial charge >= 0.3 is 5.63 Å². The molecular formula is C19H18N2O3. The summed E-state index contributed by atoms with van der Waals surface area (Å²) in [7, 11) is 0. The number of ether oxygens (including phenoxy) is 1. The van der Waals surface area contributed by atoms with E-state index in [1.165, 1.54) is 0 Å². The molecule has 5 nitrogen and oxygen atoms in total. The Morgan fingerprint density at radius 2 is 2.17 bits per heavy atom. The second kappa shape index (κ2) is 5.67. The van der Waals surface area contributed by atoms with Crippen molar-refractivity contribution in [3.05, 3.63) is 63.6 Å². The number of pyridine rings is 1. The lowest BCUT2D eigenvalue weighted by molar-refractivity contribution is 0.286. The van der Waals surface area contributed by atoms with Crippen LogP contribution in [-0.4, -0.2) is 11.7 Å². The molecule has 0 saturated carbocycles. The van der Waals surface area contributed by atoms with Gasteiger partial charge in [-0.1, -0.05) is 13.0 Å². The Morgan fingerprint density at radius 1 is 1.29 bits per heavy atom. The monoisotopic (exact) mass is 322 g/mol. The summed E-state index contributed by atoms with van der Waals surface area (Å²) < 4.78 is 11.4. The molecule has 24 heavy (non-hydrogen) atoms. The van der Waals surface area contributed by atoms with Gasteiger partial charge in [0.05, 0.1) is 6.54 Å². The molecule has 0 spiro atoms. The van der Waals surface area contributed by atoms with E-state index in [0.717, 1.165) is 40.1 Å². The van der Waals surface area contributed by atoms with Crippen molar-refractivity contribution in [2.45, 2.75) is 26.8 Å². The van der Waals surface area contributed by atoms with Gasteiger partial charge in [-0.2, -0.15) is 0 Å². The molecule has 0 bridgehead atoms. The number of aryl methyl sites for hydroxylation is 2. The third-order valence-electron chi connectivity index (χ3n) is 4.46. The summed E-state index contributed by atoms with van der Waals surface area (Å²) in [5, 5.41) is 0.986. The molecular weight excluding hydrogens is 304 g/mol. The number of anilines is 1. The van der Waals surface area contributed by atoms with Gasteiger partial charge in [-0.15, -0.1) is 0 Å². The minimum Gasteiger partial charge on any atom is -0.472 e. The van der Waals surface area contributed by atoms with Crippen LogP contribution in [0.25, 0.3) is 11.0 Å². The zero-order chi connectivity index (χ0) is 16.7. The highest BCUT2D eigenvalue weighted by molar-refractivity contribution is 5.86. The quantitative estimate of drug-likeness (QED) is 0.677. The molecule has 1 aliphatic heterocycles. The summed E-state index contributed by atoms with van der Waals surface area (Å²) in [6.45, 7) is 5.12. The zero-order valence-electron chi connectivity index (χ0n) is 13.7. The smallest absolute Gasteiger partial charge is 0.336 e. The van der Waals surface area contributed by atoms with Gasteiger partial charge in [-0.3, -0.25) is 0 Å². The maximum Gasteiger partial charge on any atom is 0.336 e. The molecule has 0 N–H and O–H groups in total. The molecule has 4 rings (SSSR count). The standard InChI is InChI=1S/C19H18N2O3/c1-3-13-9-17(22)24-19-12(2)18-14(8-15(13)19)10-21(11-23-18)16-6-4-5-7-20-16/h4-9H,3,10-11H2,1-2H3. The fourth-order valence-corrected chi connectivity index (χ4v) is 3.26. The van der Waals surface area contributed by atoms with Crippen LogP contribution in [-0.2, 0) is 13.0 Å². The van der Waals surface area contributed by atoms with Crippen molar-refractivity contribution >= 4 is 16.8 Å². The molecule has 0 amide bonds. The molecule has 3 aromatic rings. The Bertz CT molecular complexity index is 964. The molecule has 0 saturated heterocycles. The van der Waals surface area contributed by atoms with Gasteiger partial charge in [0.25, 0.3) is 0 Å². The predicted octanol–water partition coefficient (Wildman–Crippen LogP) is 3.42. The lowest BCUT2D eigenvalue weighted by atomic mass is 9.99. The first-order valence-corrected chi connectivity index (χ1v) is 8.05. The van der Waals surface area contributed by atoms with Crippen molar-refractivity contribution < 1.29 is 9.15 Å². The molecule has 0 atom stereocenters. The van der Waals surface area contributed by atoms with Gasteiger partial charge in [0.2, 0.25) is 0 Å². The van der Waals surface area contributed by atoms with Crippen molar-refractivity contribution in [2.75, 3.05) is 11.6 Å². The number of hydrogen-bond donors (Lipinski definition) is 0. The van der Waals surface area contributed by atoms with Crippen LogP contribution < -0.4 is 15.3 Å². The van der Waals surface area contributed by atoms with Crippen molar-refractivity contribution in [1.29, 1.82) is 0 Å². The third-order valence-corrected chi connectivity index (χ3v) is 4.46. The largest absolute Gasteiger partial charge is 0.472 e. The molecule has 1 aromatic carbocycles. The van der Waals surface area contributed by atoms with Crippen molar-refractivity contribution in [2.24, 2.45) is 0 Å². The molecule has 2 aromatic heterocycles. The van der Waals surface area contributed by atoms with Crippen LogP contribution in [0.15, 0.2) is 45.7 Å². The Kier molecular flexibility index (Phi) is 3.49. The fourth-order valence-electron chi connectivity index (χ4n) is 3.26. The van der Waals surface area contributed by atoms with Crippen molar-refractivity contribution in [1.82, 2.24) is 4.98 Å². The molecule has 1 aliphatic rings. The summed E-state index contributed by atoms with van der Waals surface area (Å²) in [5.41, 5.74) is 3.29. The predicted molar refractivity (Wildman–Crippen MR) is 92.5 cm³/mol. The highest BCUT2D eigenvalue weighted by Crippen LogP contribution is 2.36. The number of fused-ring (bicyclic) bond motifs is 2. The molecule has 3 heterocycles. The lowest BCUT2D eigenvalue weighted by Gasteiger charge is -2.31. The number of aromatic nitrogens is 1. The van der Waals surface area contributed by atoms with E-state index in [1.54, 1.807) is 12.3 Å². The van der Waals surface area contributed by atoms with Crippen LogP contribution in [0.2, 0.25) is 0 Å². The highest BCUT2D eigenvalue weighted by atomic mass is 16.5. The topological polar surface area (TPSA) is 55.6 Å². The molecule has 0 radical (unpaired) electrons. The van der Waals surface area contributed by atoms with Crippen LogP contribution in [0.1, 0.15) is 23.6 Å². The normalized spacial score (nSPS) is 13.7. The first-order valence-electron chi connectivity index (χ1n) is 8.05. The Morgan fingerprint density at radius 3 is 2.92 bits per heavy atom. The first-order chi connectivity index (χ1) is 11.7. The van der Waals surface area contributed by atoms with E-state index in [4.69, 9.17) is 9.15 Å². The average molecular weight is 322 g/mol. The summed E-state index contributed by atoms with van der Waals surface area (Å²) >= 11 is 0. The van der Waals surface area contributed by atoms with Gasteiger partial charge in [0.1, 0.15) is 17.2 Å². The number of benzene rings is 1. The second-order valence-corrected chi connectivity index (χ2v) is 5.97. The van der Waals surface area contributed by atoms with E-state index in [2.05, 4.69) is 16.0 Å². The van der Waals surface area contributed by atoms with Crippen LogP contribution in [0.5, 0.6) is 5.75 Å². The van der Waals surface area contributed by atoms with E-state index < -0.39 is 0 Å². The summed E-state index contributed by atoms with van der Waals surface area (Å²) in [5.74, 6) is 1.70. The molecule has 0 fully saturated rings. The van der Waals surface area contributed by atoms with E-state index in [9.17, 15) is 4.79 Å². The first kappa shape index (κ1) is 14.8. The number of rotatable bonds is 2. The summed E-state index contributed by atoms with van der Waals surface area (Å²) in [4.78, 5) is 18.3. The molecule has 0 unspecified atom stereocenters. The Hall–Kier alpha value is -2.82. The van der Waals surface area contributed by atoms with Gasteiger partial charge in [-0.25, -0.2) is 9.78 Å². The van der Waals surface area contributed by atoms with Crippen molar-refractivity contribution in [3.8, 4) is 5.75 Å². The summed E-state index contributed by atoms with van der Waals surface area (Å²) in [6, 6.07) is 9.49. The average Bonchev–Trinajstić information content (AvgIpc) is 2.62. The summed E-state index contributed by atoms with van der Waals surface area (Å²) in [6.07, 6.45) is 2.56. The van der Waals surface area contributed by atoms with Crippen LogP contribution in [0.3, 0.4) is 0 Å². The maximum atomic E-state index is 11.8. The lowest BCUT2D eigenvalue weighted by Crippen LogP contribution is -2.32. The van der Waals surface area contributed by atoms with E-state index >= 15 is 0 Å². The molecule has 122 valence electrons. The molecule has 5 heteroatoms. The highest BCUT2D eigenvalue weighted by Gasteiger charge is 2.23. The van der Waals surface area contributed by atoms with E-state index in [1.807, 2.05) is 32.0 Å². The van der Waals surface area contributed by atoms with E-state index in [-0.39, 0.29) is 5.63 Å². The fraction of sp³-hybridized carbons (Fsp3) is 0.263. The van der Waals surface area contributed by atoms with Crippen molar-refractivity contribution in [3.63, 3.8) is 0 Å². The van der Waals surface area contributed by atoms with Crippen LogP contribution in [0.4, 0.5) is 5.82 Å². The molecule has 0 aliphatic carbocycles. The third kappa shape index (κ3) is 2.33. The minimum atomic E-state index is -0.312.